The molecule has 16 heavy (non-hydrogen) atoms. The molecule has 0 heterocycles. The predicted octanol–water partition coefficient (Wildman–Crippen LogP) is 3.50. The number of unbranched alkanes of at least 4 members (excludes halogenated alkanes) is 1. The third-order valence-electron chi connectivity index (χ3n) is 3.04. The van der Waals surface area contributed by atoms with Gasteiger partial charge in [0.1, 0.15) is 5.75 Å². The molecule has 0 saturated heterocycles. The predicted molar refractivity (Wildman–Crippen MR) is 72.3 cm³/mol. The van der Waals surface area contributed by atoms with Gasteiger partial charge in [0.25, 0.3) is 0 Å². The zero-order valence-electron chi connectivity index (χ0n) is 9.87. The molecular weight excluding hydrogens is 207 g/mol. The molecule has 86 valence electrons. The normalized spacial score (nSPS) is 11.9. The minimum absolute atomic E-state index is 0. The Hall–Kier alpha value is 0.0200. The van der Waals surface area contributed by atoms with Gasteiger partial charge in [0.15, 0.2) is 0 Å². The molecule has 0 aliphatic rings. The van der Waals surface area contributed by atoms with Crippen LogP contribution in [0.5, 0.6) is 5.75 Å². The molecule has 0 bridgehead atoms. The Morgan fingerprint density at radius 3 is 2.44 bits per heavy atom. The number of para-hydroxylation sites is 1. The average Bonchev–Trinajstić information content (AvgIpc) is 2.26. The van der Waals surface area contributed by atoms with Crippen LogP contribution in [0.2, 0.25) is 0 Å². The van der Waals surface area contributed by atoms with Crippen LogP contribution in [0.1, 0.15) is 45.1 Å². The monoisotopic (exact) mass is 230 g/mol. The Labute approximate surface area is 122 Å². The van der Waals surface area contributed by atoms with E-state index in [1.165, 1.54) is 25.7 Å². The van der Waals surface area contributed by atoms with Crippen molar-refractivity contribution in [2.24, 2.45) is 5.92 Å². The molecule has 0 amide bonds. The molecule has 2 heteroatoms. The van der Waals surface area contributed by atoms with Gasteiger partial charge >= 0.3 is 29.6 Å². The number of phenols is 1. The van der Waals surface area contributed by atoms with Crippen molar-refractivity contribution in [2.75, 3.05) is 0 Å². The zero-order chi connectivity index (χ0) is 11.1. The fraction of sp³-hybridized carbons (Fsp3) is 0.571. The van der Waals surface area contributed by atoms with Crippen molar-refractivity contribution in [2.45, 2.75) is 46.0 Å². The summed E-state index contributed by atoms with van der Waals surface area (Å²) in [7, 11) is 0. The first kappa shape index (κ1) is 16.0. The van der Waals surface area contributed by atoms with Crippen LogP contribution in [0.15, 0.2) is 24.3 Å². The number of hydrogen-bond donors (Lipinski definition) is 1. The van der Waals surface area contributed by atoms with Gasteiger partial charge in [-0.2, -0.15) is 0 Å². The number of benzene rings is 1. The van der Waals surface area contributed by atoms with Gasteiger partial charge in [0.2, 0.25) is 0 Å². The molecule has 1 N–H and O–H groups in total. The second-order valence-corrected chi connectivity index (χ2v) is 4.25. The van der Waals surface area contributed by atoms with E-state index in [1.54, 1.807) is 6.07 Å². The van der Waals surface area contributed by atoms with Gasteiger partial charge in [-0.25, -0.2) is 0 Å². The summed E-state index contributed by atoms with van der Waals surface area (Å²) >= 11 is 0. The first-order chi connectivity index (χ1) is 7.27. The van der Waals surface area contributed by atoms with Crippen LogP contribution in [0.3, 0.4) is 0 Å². The molecule has 0 saturated carbocycles. The minimum atomic E-state index is 0. The van der Waals surface area contributed by atoms with E-state index in [0.29, 0.717) is 5.75 Å². The van der Waals surface area contributed by atoms with Crippen molar-refractivity contribution in [3.8, 4) is 5.75 Å². The van der Waals surface area contributed by atoms with Gasteiger partial charge in [-0.1, -0.05) is 57.7 Å². The molecule has 1 atom stereocenters. The summed E-state index contributed by atoms with van der Waals surface area (Å²) in [5.74, 6) is 1.17. The van der Waals surface area contributed by atoms with Crippen molar-refractivity contribution in [1.29, 1.82) is 0 Å². The fourth-order valence-corrected chi connectivity index (χ4v) is 1.94. The van der Waals surface area contributed by atoms with Gasteiger partial charge in [-0.15, -0.1) is 0 Å². The van der Waals surface area contributed by atoms with Gasteiger partial charge in [0.05, 0.1) is 0 Å². The molecule has 0 aliphatic heterocycles. The SMILES string of the molecule is CCCCC(CC)Cc1ccccc1O.[NaH]. The summed E-state index contributed by atoms with van der Waals surface area (Å²) in [6, 6.07) is 7.69. The summed E-state index contributed by atoms with van der Waals surface area (Å²) in [5, 5.41) is 9.68. The molecule has 1 aromatic rings. The van der Waals surface area contributed by atoms with Gasteiger partial charge in [0, 0.05) is 0 Å². The molecular formula is C14H23NaO. The second kappa shape index (κ2) is 9.09. The first-order valence-electron chi connectivity index (χ1n) is 6.04. The van der Waals surface area contributed by atoms with Crippen molar-refractivity contribution < 1.29 is 5.11 Å². The van der Waals surface area contributed by atoms with Crippen LogP contribution in [0.4, 0.5) is 0 Å². The van der Waals surface area contributed by atoms with E-state index in [4.69, 9.17) is 0 Å². The van der Waals surface area contributed by atoms with Crippen LogP contribution in [0.25, 0.3) is 0 Å². The second-order valence-electron chi connectivity index (χ2n) is 4.25. The fourth-order valence-electron chi connectivity index (χ4n) is 1.94. The number of rotatable bonds is 6. The molecule has 1 nitrogen and oxygen atoms in total. The van der Waals surface area contributed by atoms with E-state index in [-0.39, 0.29) is 29.6 Å². The first-order valence-corrected chi connectivity index (χ1v) is 6.04. The third kappa shape index (κ3) is 5.38. The van der Waals surface area contributed by atoms with Crippen molar-refractivity contribution in [3.05, 3.63) is 29.8 Å². The summed E-state index contributed by atoms with van der Waals surface area (Å²) in [4.78, 5) is 0. The van der Waals surface area contributed by atoms with Crippen molar-refractivity contribution in [1.82, 2.24) is 0 Å². The maximum atomic E-state index is 9.68. The summed E-state index contributed by atoms with van der Waals surface area (Å²) in [6.45, 7) is 4.47. The van der Waals surface area contributed by atoms with E-state index in [9.17, 15) is 5.11 Å². The van der Waals surface area contributed by atoms with E-state index in [0.717, 1.165) is 17.9 Å². The Kier molecular flexibility index (Phi) is 9.10. The van der Waals surface area contributed by atoms with E-state index >= 15 is 0 Å². The molecule has 0 fully saturated rings. The number of phenolic OH excluding ortho intramolecular Hbond substituents is 1. The summed E-state index contributed by atoms with van der Waals surface area (Å²) < 4.78 is 0. The quantitative estimate of drug-likeness (QED) is 0.741. The molecule has 0 aliphatic carbocycles. The Morgan fingerprint density at radius 2 is 1.88 bits per heavy atom. The van der Waals surface area contributed by atoms with E-state index in [2.05, 4.69) is 13.8 Å². The number of aromatic hydroxyl groups is 1. The van der Waals surface area contributed by atoms with E-state index in [1.807, 2.05) is 18.2 Å². The standard InChI is InChI=1S/C14H22O.Na.H/c1-3-5-8-12(4-2)11-13-9-6-7-10-14(13)15;;/h6-7,9-10,12,15H,3-5,8,11H2,1-2H3;;. The average molecular weight is 230 g/mol. The van der Waals surface area contributed by atoms with Crippen molar-refractivity contribution >= 4 is 29.6 Å². The Morgan fingerprint density at radius 1 is 1.19 bits per heavy atom. The van der Waals surface area contributed by atoms with Gasteiger partial charge < -0.3 is 5.11 Å². The van der Waals surface area contributed by atoms with Crippen LogP contribution in [-0.4, -0.2) is 34.7 Å². The zero-order valence-corrected chi connectivity index (χ0v) is 9.87. The van der Waals surface area contributed by atoms with Crippen LogP contribution < -0.4 is 0 Å². The van der Waals surface area contributed by atoms with Crippen LogP contribution in [0, 0.1) is 5.92 Å². The molecule has 0 spiro atoms. The topological polar surface area (TPSA) is 20.2 Å². The summed E-state index contributed by atoms with van der Waals surface area (Å²) in [5.41, 5.74) is 1.10. The number of hydrogen-bond acceptors (Lipinski definition) is 1. The van der Waals surface area contributed by atoms with Crippen LogP contribution >= 0.6 is 0 Å². The van der Waals surface area contributed by atoms with E-state index < -0.39 is 0 Å². The maximum absolute atomic E-state index is 9.68. The van der Waals surface area contributed by atoms with Crippen LogP contribution in [-0.2, 0) is 6.42 Å². The third-order valence-corrected chi connectivity index (χ3v) is 3.04. The van der Waals surface area contributed by atoms with Crippen molar-refractivity contribution in [3.63, 3.8) is 0 Å². The molecule has 0 radical (unpaired) electrons. The van der Waals surface area contributed by atoms with Gasteiger partial charge in [-0.3, -0.25) is 0 Å². The molecule has 1 unspecified atom stereocenters. The molecule has 1 aromatic carbocycles. The Bertz CT molecular complexity index is 286. The summed E-state index contributed by atoms with van der Waals surface area (Å²) in [6.07, 6.45) is 6.06. The molecule has 1 rings (SSSR count). The molecule has 0 aromatic heterocycles. The van der Waals surface area contributed by atoms with Gasteiger partial charge in [-0.05, 0) is 24.0 Å². The Balaban J connectivity index is 0.00000225.